The van der Waals surface area contributed by atoms with Gasteiger partial charge in [0.1, 0.15) is 0 Å². The first-order valence-electron chi connectivity index (χ1n) is 8.27. The van der Waals surface area contributed by atoms with Crippen molar-refractivity contribution in [1.29, 1.82) is 0 Å². The number of thiazole rings is 1. The van der Waals surface area contributed by atoms with Gasteiger partial charge < -0.3 is 4.74 Å². The number of hydrogen-bond acceptors (Lipinski definition) is 5. The largest absolute Gasteiger partial charge is 0.376 e. The van der Waals surface area contributed by atoms with Gasteiger partial charge in [-0.1, -0.05) is 13.8 Å². The molecule has 0 bridgehead atoms. The lowest BCUT2D eigenvalue weighted by molar-refractivity contribution is 0.0958. The van der Waals surface area contributed by atoms with Crippen LogP contribution in [0.25, 0.3) is 0 Å². The highest BCUT2D eigenvalue weighted by atomic mass is 32.1. The van der Waals surface area contributed by atoms with Crippen LogP contribution in [0.1, 0.15) is 41.2 Å². The Bertz CT molecular complexity index is 653. The van der Waals surface area contributed by atoms with Crippen molar-refractivity contribution >= 4 is 11.3 Å². The SMILES string of the molecule is Cc1nc(CN2CCc3c(COCC(C)C)cncc3C2)cs1. The number of rotatable bonds is 6. The highest BCUT2D eigenvalue weighted by Crippen LogP contribution is 2.24. The van der Waals surface area contributed by atoms with E-state index >= 15 is 0 Å². The first-order chi connectivity index (χ1) is 11.1. The summed E-state index contributed by atoms with van der Waals surface area (Å²) in [6.45, 7) is 10.9. The Hall–Kier alpha value is -1.30. The number of pyridine rings is 1. The quantitative estimate of drug-likeness (QED) is 0.811. The lowest BCUT2D eigenvalue weighted by Crippen LogP contribution is -2.31. The Balaban J connectivity index is 1.64. The van der Waals surface area contributed by atoms with Crippen LogP contribution in [0.15, 0.2) is 17.8 Å². The van der Waals surface area contributed by atoms with Crippen LogP contribution in [0.4, 0.5) is 0 Å². The lowest BCUT2D eigenvalue weighted by Gasteiger charge is -2.29. The molecular formula is C18H25N3OS. The van der Waals surface area contributed by atoms with Crippen LogP contribution in [0.5, 0.6) is 0 Å². The number of aromatic nitrogens is 2. The molecule has 3 heterocycles. The van der Waals surface area contributed by atoms with Crippen LogP contribution in [0.3, 0.4) is 0 Å². The van der Waals surface area contributed by atoms with Crippen LogP contribution in [0.2, 0.25) is 0 Å². The number of hydrogen-bond donors (Lipinski definition) is 0. The molecule has 5 heteroatoms. The van der Waals surface area contributed by atoms with Gasteiger partial charge in [0.15, 0.2) is 0 Å². The zero-order chi connectivity index (χ0) is 16.2. The van der Waals surface area contributed by atoms with Crippen molar-refractivity contribution in [3.8, 4) is 0 Å². The molecule has 0 atom stereocenters. The van der Waals surface area contributed by atoms with Gasteiger partial charge in [0.25, 0.3) is 0 Å². The van der Waals surface area contributed by atoms with Crippen molar-refractivity contribution in [2.45, 2.75) is 46.9 Å². The van der Waals surface area contributed by atoms with Crippen LogP contribution < -0.4 is 0 Å². The molecule has 0 aliphatic carbocycles. The Morgan fingerprint density at radius 3 is 2.96 bits per heavy atom. The second-order valence-electron chi connectivity index (χ2n) is 6.66. The van der Waals surface area contributed by atoms with Gasteiger partial charge in [0, 0.05) is 44.0 Å². The average Bonchev–Trinajstić information content (AvgIpc) is 2.92. The summed E-state index contributed by atoms with van der Waals surface area (Å²) in [4.78, 5) is 11.5. The van der Waals surface area contributed by atoms with E-state index in [1.807, 2.05) is 12.4 Å². The Kier molecular flexibility index (Phi) is 5.41. The lowest BCUT2D eigenvalue weighted by atomic mass is 9.97. The standard InChI is InChI=1S/C18H25N3OS/c1-13(2)10-22-11-16-7-19-6-15-8-21(5-4-18(15)16)9-17-12-23-14(3)20-17/h6-7,12-13H,4-5,8-11H2,1-3H3. The third-order valence-electron chi connectivity index (χ3n) is 4.07. The average molecular weight is 331 g/mol. The Labute approximate surface area is 142 Å². The fourth-order valence-electron chi connectivity index (χ4n) is 3.00. The van der Waals surface area contributed by atoms with E-state index in [9.17, 15) is 0 Å². The van der Waals surface area contributed by atoms with Crippen molar-refractivity contribution in [2.24, 2.45) is 5.92 Å². The topological polar surface area (TPSA) is 38.2 Å². The maximum Gasteiger partial charge on any atom is 0.0897 e. The number of ether oxygens (including phenoxy) is 1. The second-order valence-corrected chi connectivity index (χ2v) is 7.73. The van der Waals surface area contributed by atoms with E-state index in [1.165, 1.54) is 22.4 Å². The molecule has 0 unspecified atom stereocenters. The van der Waals surface area contributed by atoms with Gasteiger partial charge in [-0.05, 0) is 36.0 Å². The molecule has 0 N–H and O–H groups in total. The summed E-state index contributed by atoms with van der Waals surface area (Å²) in [5, 5.41) is 3.31. The molecule has 0 spiro atoms. The maximum absolute atomic E-state index is 5.81. The van der Waals surface area contributed by atoms with Gasteiger partial charge in [-0.25, -0.2) is 4.98 Å². The van der Waals surface area contributed by atoms with E-state index in [-0.39, 0.29) is 0 Å². The number of fused-ring (bicyclic) bond motifs is 1. The predicted molar refractivity (Wildman–Crippen MR) is 93.4 cm³/mol. The predicted octanol–water partition coefficient (Wildman–Crippen LogP) is 3.58. The molecule has 3 rings (SSSR count). The summed E-state index contributed by atoms with van der Waals surface area (Å²) in [7, 11) is 0. The Morgan fingerprint density at radius 2 is 2.22 bits per heavy atom. The molecule has 2 aromatic heterocycles. The zero-order valence-electron chi connectivity index (χ0n) is 14.2. The van der Waals surface area contributed by atoms with E-state index in [0.29, 0.717) is 12.5 Å². The number of nitrogens with zero attached hydrogens (tertiary/aromatic N) is 3. The first kappa shape index (κ1) is 16.6. The van der Waals surface area contributed by atoms with Gasteiger partial charge in [0.05, 0.1) is 17.3 Å². The van der Waals surface area contributed by atoms with Crippen molar-refractivity contribution in [3.05, 3.63) is 45.2 Å². The van der Waals surface area contributed by atoms with Crippen LogP contribution in [-0.4, -0.2) is 28.0 Å². The van der Waals surface area contributed by atoms with Gasteiger partial charge in [-0.3, -0.25) is 9.88 Å². The molecule has 23 heavy (non-hydrogen) atoms. The van der Waals surface area contributed by atoms with Crippen LogP contribution in [-0.2, 0) is 30.9 Å². The molecule has 124 valence electrons. The smallest absolute Gasteiger partial charge is 0.0897 e. The molecule has 4 nitrogen and oxygen atoms in total. The minimum absolute atomic E-state index is 0.569. The Morgan fingerprint density at radius 1 is 1.35 bits per heavy atom. The molecule has 1 aliphatic rings. The van der Waals surface area contributed by atoms with Gasteiger partial charge >= 0.3 is 0 Å². The van der Waals surface area contributed by atoms with E-state index in [4.69, 9.17) is 4.74 Å². The van der Waals surface area contributed by atoms with Gasteiger partial charge in [-0.15, -0.1) is 11.3 Å². The van der Waals surface area contributed by atoms with Gasteiger partial charge in [-0.2, -0.15) is 0 Å². The van der Waals surface area contributed by atoms with E-state index in [1.54, 1.807) is 11.3 Å². The van der Waals surface area contributed by atoms with E-state index < -0.39 is 0 Å². The summed E-state index contributed by atoms with van der Waals surface area (Å²) in [6.07, 6.45) is 5.06. The van der Waals surface area contributed by atoms with Crippen molar-refractivity contribution in [3.63, 3.8) is 0 Å². The van der Waals surface area contributed by atoms with Crippen LogP contribution in [0, 0.1) is 12.8 Å². The third kappa shape index (κ3) is 4.37. The highest BCUT2D eigenvalue weighted by Gasteiger charge is 2.20. The molecule has 2 aromatic rings. The van der Waals surface area contributed by atoms with E-state index in [2.05, 4.69) is 41.0 Å². The van der Waals surface area contributed by atoms with E-state index in [0.717, 1.165) is 37.7 Å². The van der Waals surface area contributed by atoms with Gasteiger partial charge in [0.2, 0.25) is 0 Å². The summed E-state index contributed by atoms with van der Waals surface area (Å²) in [5.41, 5.74) is 5.22. The van der Waals surface area contributed by atoms with Crippen LogP contribution >= 0.6 is 11.3 Å². The summed E-state index contributed by atoms with van der Waals surface area (Å²) in [6, 6.07) is 0. The molecule has 0 amide bonds. The summed E-state index contributed by atoms with van der Waals surface area (Å²) < 4.78 is 5.81. The molecule has 0 aromatic carbocycles. The molecule has 0 fully saturated rings. The highest BCUT2D eigenvalue weighted by molar-refractivity contribution is 7.09. The van der Waals surface area contributed by atoms with Crippen molar-refractivity contribution in [2.75, 3.05) is 13.2 Å². The number of aryl methyl sites for hydroxylation is 1. The van der Waals surface area contributed by atoms with Crippen molar-refractivity contribution in [1.82, 2.24) is 14.9 Å². The minimum Gasteiger partial charge on any atom is -0.376 e. The maximum atomic E-state index is 5.81. The molecule has 1 aliphatic heterocycles. The fraction of sp³-hybridized carbons (Fsp3) is 0.556. The van der Waals surface area contributed by atoms with Crippen molar-refractivity contribution < 1.29 is 4.74 Å². The molecule has 0 saturated carbocycles. The normalized spacial score (nSPS) is 15.1. The summed E-state index contributed by atoms with van der Waals surface area (Å²) in [5.74, 6) is 0.569. The summed E-state index contributed by atoms with van der Waals surface area (Å²) >= 11 is 1.73. The monoisotopic (exact) mass is 331 g/mol. The first-order valence-corrected chi connectivity index (χ1v) is 9.15. The minimum atomic E-state index is 0.569. The molecule has 0 radical (unpaired) electrons. The fourth-order valence-corrected chi connectivity index (χ4v) is 3.60. The molecular weight excluding hydrogens is 306 g/mol. The third-order valence-corrected chi connectivity index (χ3v) is 4.89. The molecule has 0 saturated heterocycles. The zero-order valence-corrected chi connectivity index (χ0v) is 15.0. The second kappa shape index (κ2) is 7.51.